The Morgan fingerprint density at radius 3 is 2.70 bits per heavy atom. The molecule has 0 radical (unpaired) electrons. The summed E-state index contributed by atoms with van der Waals surface area (Å²) < 4.78 is 12.1. The van der Waals surface area contributed by atoms with E-state index >= 15 is 0 Å². The first-order valence-electron chi connectivity index (χ1n) is 6.30. The molecule has 0 saturated carbocycles. The smallest absolute Gasteiger partial charge is 0.163 e. The Hall–Kier alpha value is -1.39. The summed E-state index contributed by atoms with van der Waals surface area (Å²) in [5.41, 5.74) is 2.09. The number of halogens is 2. The molecule has 0 saturated heterocycles. The second-order valence-corrected chi connectivity index (χ2v) is 5.74. The SMILES string of the molecule is Clc1ccc(Br)c(CNc2ccc3c(c2)OCCO3)c1. The van der Waals surface area contributed by atoms with Gasteiger partial charge in [-0.3, -0.25) is 0 Å². The number of benzene rings is 2. The molecule has 0 atom stereocenters. The fourth-order valence-electron chi connectivity index (χ4n) is 2.03. The molecular formula is C15H13BrClNO2. The Labute approximate surface area is 131 Å². The summed E-state index contributed by atoms with van der Waals surface area (Å²) in [4.78, 5) is 0. The highest BCUT2D eigenvalue weighted by Crippen LogP contribution is 2.33. The second-order valence-electron chi connectivity index (χ2n) is 4.45. The van der Waals surface area contributed by atoms with Gasteiger partial charge >= 0.3 is 0 Å². The summed E-state index contributed by atoms with van der Waals surface area (Å²) in [6, 6.07) is 11.6. The third-order valence-electron chi connectivity index (χ3n) is 3.03. The van der Waals surface area contributed by atoms with Gasteiger partial charge in [0.2, 0.25) is 0 Å². The highest BCUT2D eigenvalue weighted by molar-refractivity contribution is 9.10. The zero-order chi connectivity index (χ0) is 13.9. The van der Waals surface area contributed by atoms with Gasteiger partial charge in [0, 0.05) is 27.8 Å². The van der Waals surface area contributed by atoms with Crippen LogP contribution >= 0.6 is 27.5 Å². The van der Waals surface area contributed by atoms with Crippen molar-refractivity contribution in [3.05, 3.63) is 51.5 Å². The second kappa shape index (κ2) is 5.94. The Bertz CT molecular complexity index is 633. The molecule has 0 aromatic heterocycles. The van der Waals surface area contributed by atoms with Crippen LogP contribution in [0.25, 0.3) is 0 Å². The van der Waals surface area contributed by atoms with Crippen molar-refractivity contribution >= 4 is 33.2 Å². The molecule has 0 unspecified atom stereocenters. The molecule has 1 N–H and O–H groups in total. The van der Waals surface area contributed by atoms with Crippen molar-refractivity contribution in [2.24, 2.45) is 0 Å². The van der Waals surface area contributed by atoms with Gasteiger partial charge in [-0.15, -0.1) is 0 Å². The lowest BCUT2D eigenvalue weighted by atomic mass is 10.2. The van der Waals surface area contributed by atoms with Crippen molar-refractivity contribution in [1.82, 2.24) is 0 Å². The predicted molar refractivity (Wildman–Crippen MR) is 83.9 cm³/mol. The molecule has 3 rings (SSSR count). The molecule has 2 aromatic carbocycles. The van der Waals surface area contributed by atoms with Crippen molar-refractivity contribution in [1.29, 1.82) is 0 Å². The first-order chi connectivity index (χ1) is 9.72. The average molecular weight is 355 g/mol. The van der Waals surface area contributed by atoms with Crippen molar-refractivity contribution in [2.45, 2.75) is 6.54 Å². The quantitative estimate of drug-likeness (QED) is 0.881. The number of hydrogen-bond donors (Lipinski definition) is 1. The third-order valence-corrected chi connectivity index (χ3v) is 4.04. The van der Waals surface area contributed by atoms with Crippen LogP contribution in [0.5, 0.6) is 11.5 Å². The van der Waals surface area contributed by atoms with Gasteiger partial charge in [-0.1, -0.05) is 27.5 Å². The van der Waals surface area contributed by atoms with Crippen molar-refractivity contribution in [3.8, 4) is 11.5 Å². The van der Waals surface area contributed by atoms with E-state index in [9.17, 15) is 0 Å². The molecule has 104 valence electrons. The first kappa shape index (κ1) is 13.6. The molecule has 3 nitrogen and oxygen atoms in total. The van der Waals surface area contributed by atoms with Crippen LogP contribution in [0.1, 0.15) is 5.56 Å². The van der Waals surface area contributed by atoms with Crippen molar-refractivity contribution in [3.63, 3.8) is 0 Å². The van der Waals surface area contributed by atoms with Crippen LogP contribution in [0.3, 0.4) is 0 Å². The molecule has 0 fully saturated rings. The highest BCUT2D eigenvalue weighted by Gasteiger charge is 2.11. The van der Waals surface area contributed by atoms with Gasteiger partial charge in [0.25, 0.3) is 0 Å². The van der Waals surface area contributed by atoms with Gasteiger partial charge in [-0.25, -0.2) is 0 Å². The molecule has 2 aromatic rings. The fourth-order valence-corrected chi connectivity index (χ4v) is 2.61. The minimum Gasteiger partial charge on any atom is -0.486 e. The van der Waals surface area contributed by atoms with E-state index in [1.807, 2.05) is 36.4 Å². The van der Waals surface area contributed by atoms with Gasteiger partial charge in [-0.2, -0.15) is 0 Å². The molecular weight excluding hydrogens is 342 g/mol. The maximum atomic E-state index is 6.01. The largest absolute Gasteiger partial charge is 0.486 e. The van der Waals surface area contributed by atoms with Gasteiger partial charge in [0.15, 0.2) is 11.5 Å². The first-order valence-corrected chi connectivity index (χ1v) is 7.47. The van der Waals surface area contributed by atoms with Gasteiger partial charge in [0.1, 0.15) is 13.2 Å². The molecule has 0 spiro atoms. The summed E-state index contributed by atoms with van der Waals surface area (Å²) in [5.74, 6) is 1.58. The normalized spacial score (nSPS) is 13.1. The van der Waals surface area contributed by atoms with Gasteiger partial charge < -0.3 is 14.8 Å². The summed E-state index contributed by atoms with van der Waals surface area (Å²) in [5, 5.41) is 4.08. The number of fused-ring (bicyclic) bond motifs is 1. The number of nitrogens with one attached hydrogen (secondary N) is 1. The number of anilines is 1. The van der Waals surface area contributed by atoms with Crippen LogP contribution in [0.15, 0.2) is 40.9 Å². The summed E-state index contributed by atoms with van der Waals surface area (Å²) in [7, 11) is 0. The molecule has 0 amide bonds. The average Bonchev–Trinajstić information content (AvgIpc) is 2.48. The molecule has 1 heterocycles. The van der Waals surface area contributed by atoms with E-state index < -0.39 is 0 Å². The standard InChI is InChI=1S/C15H13BrClNO2/c16-13-3-1-11(17)7-10(13)9-18-12-2-4-14-15(8-12)20-6-5-19-14/h1-4,7-8,18H,5-6,9H2. The van der Waals surface area contributed by atoms with Crippen LogP contribution < -0.4 is 14.8 Å². The number of rotatable bonds is 3. The van der Waals surface area contributed by atoms with Gasteiger partial charge in [0.05, 0.1) is 0 Å². The summed E-state index contributed by atoms with van der Waals surface area (Å²) >= 11 is 9.53. The zero-order valence-corrected chi connectivity index (χ0v) is 13.0. The van der Waals surface area contributed by atoms with Gasteiger partial charge in [-0.05, 0) is 35.9 Å². The number of hydrogen-bond acceptors (Lipinski definition) is 3. The van der Waals surface area contributed by atoms with Crippen LogP contribution in [0.2, 0.25) is 5.02 Å². The maximum absolute atomic E-state index is 6.01. The molecule has 0 aliphatic carbocycles. The molecule has 5 heteroatoms. The molecule has 1 aliphatic heterocycles. The monoisotopic (exact) mass is 353 g/mol. The predicted octanol–water partition coefficient (Wildman–Crippen LogP) is 4.49. The van der Waals surface area contributed by atoms with Crippen LogP contribution in [0.4, 0.5) is 5.69 Å². The van der Waals surface area contributed by atoms with E-state index in [0.717, 1.165) is 32.2 Å². The molecule has 20 heavy (non-hydrogen) atoms. The van der Waals surface area contributed by atoms with Crippen LogP contribution in [-0.2, 0) is 6.54 Å². The topological polar surface area (TPSA) is 30.5 Å². The van der Waals surface area contributed by atoms with E-state index in [2.05, 4.69) is 21.2 Å². The van der Waals surface area contributed by atoms with Crippen LogP contribution in [-0.4, -0.2) is 13.2 Å². The summed E-state index contributed by atoms with van der Waals surface area (Å²) in [6.07, 6.45) is 0. The minimum atomic E-state index is 0.594. The lowest BCUT2D eigenvalue weighted by Gasteiger charge is -2.19. The lowest BCUT2D eigenvalue weighted by Crippen LogP contribution is -2.15. The van der Waals surface area contributed by atoms with E-state index in [0.29, 0.717) is 19.8 Å². The van der Waals surface area contributed by atoms with E-state index in [-0.39, 0.29) is 0 Å². The van der Waals surface area contributed by atoms with E-state index in [1.165, 1.54) is 0 Å². The van der Waals surface area contributed by atoms with Crippen molar-refractivity contribution in [2.75, 3.05) is 18.5 Å². The van der Waals surface area contributed by atoms with E-state index in [4.69, 9.17) is 21.1 Å². The zero-order valence-electron chi connectivity index (χ0n) is 10.7. The fraction of sp³-hybridized carbons (Fsp3) is 0.200. The Morgan fingerprint density at radius 1 is 1.05 bits per heavy atom. The molecule has 1 aliphatic rings. The Kier molecular flexibility index (Phi) is 4.03. The maximum Gasteiger partial charge on any atom is 0.163 e. The number of ether oxygens (including phenoxy) is 2. The minimum absolute atomic E-state index is 0.594. The summed E-state index contributed by atoms with van der Waals surface area (Å²) in [6.45, 7) is 1.88. The van der Waals surface area contributed by atoms with E-state index in [1.54, 1.807) is 0 Å². The lowest BCUT2D eigenvalue weighted by molar-refractivity contribution is 0.171. The van der Waals surface area contributed by atoms with Crippen molar-refractivity contribution < 1.29 is 9.47 Å². The highest BCUT2D eigenvalue weighted by atomic mass is 79.9. The Balaban J connectivity index is 1.73. The molecule has 0 bridgehead atoms. The Morgan fingerprint density at radius 2 is 1.85 bits per heavy atom. The third kappa shape index (κ3) is 3.02. The van der Waals surface area contributed by atoms with Crippen LogP contribution in [0, 0.1) is 0 Å².